The number of ether oxygens (including phenoxy) is 1. The van der Waals surface area contributed by atoms with Crippen molar-refractivity contribution >= 4 is 54.8 Å². The highest BCUT2D eigenvalue weighted by Gasteiger charge is 2.18. The van der Waals surface area contributed by atoms with Gasteiger partial charge in [-0.05, 0) is 65.6 Å². The van der Waals surface area contributed by atoms with Gasteiger partial charge < -0.3 is 9.15 Å². The van der Waals surface area contributed by atoms with Gasteiger partial charge in [0.15, 0.2) is 0 Å². The summed E-state index contributed by atoms with van der Waals surface area (Å²) in [6.45, 7) is 6.68. The molecule has 5 aromatic carbocycles. The van der Waals surface area contributed by atoms with Crippen molar-refractivity contribution in [3.8, 4) is 23.0 Å². The van der Waals surface area contributed by atoms with E-state index in [2.05, 4.69) is 103 Å². The van der Waals surface area contributed by atoms with Crippen LogP contribution in [0.2, 0.25) is 0 Å². The summed E-state index contributed by atoms with van der Waals surface area (Å²) in [4.78, 5) is 9.54. The molecule has 46 heavy (non-hydrogen) atoms. The largest absolute Gasteiger partial charge is 0.457 e. The molecule has 4 heterocycles. The van der Waals surface area contributed by atoms with Crippen LogP contribution in [0.15, 0.2) is 132 Å². The third kappa shape index (κ3) is 4.18. The van der Waals surface area contributed by atoms with Crippen molar-refractivity contribution in [2.75, 3.05) is 0 Å². The van der Waals surface area contributed by atoms with Crippen LogP contribution in [0.1, 0.15) is 26.3 Å². The summed E-state index contributed by atoms with van der Waals surface area (Å²) in [5.41, 5.74) is 7.95. The van der Waals surface area contributed by atoms with E-state index in [0.717, 1.165) is 72.4 Å². The topological polar surface area (TPSA) is 58.0 Å². The number of benzene rings is 5. The zero-order chi connectivity index (χ0) is 31.0. The second kappa shape index (κ2) is 9.81. The van der Waals surface area contributed by atoms with Crippen molar-refractivity contribution in [3.63, 3.8) is 0 Å². The van der Waals surface area contributed by atoms with Crippen molar-refractivity contribution < 1.29 is 9.15 Å². The summed E-state index contributed by atoms with van der Waals surface area (Å²) in [5.74, 6) is 2.38. The Morgan fingerprint density at radius 1 is 0.609 bits per heavy atom. The van der Waals surface area contributed by atoms with Gasteiger partial charge in [0.1, 0.15) is 34.8 Å². The number of fused-ring (bicyclic) bond motifs is 7. The van der Waals surface area contributed by atoms with E-state index in [1.165, 1.54) is 10.9 Å². The normalized spacial score (nSPS) is 12.2. The summed E-state index contributed by atoms with van der Waals surface area (Å²) in [5, 5.41) is 4.50. The fourth-order valence-corrected chi connectivity index (χ4v) is 6.53. The van der Waals surface area contributed by atoms with Crippen molar-refractivity contribution in [3.05, 3.63) is 133 Å². The summed E-state index contributed by atoms with van der Waals surface area (Å²) in [6.07, 6.45) is 3.76. The number of rotatable bonds is 4. The zero-order valence-electron chi connectivity index (χ0n) is 25.7. The molecule has 6 nitrogen and oxygen atoms in total. The van der Waals surface area contributed by atoms with Gasteiger partial charge in [0.05, 0.1) is 27.8 Å². The van der Waals surface area contributed by atoms with E-state index < -0.39 is 0 Å². The number of pyridine rings is 1. The van der Waals surface area contributed by atoms with Gasteiger partial charge in [0.2, 0.25) is 0 Å². The second-order valence-electron chi connectivity index (χ2n) is 12.8. The molecule has 0 atom stereocenters. The van der Waals surface area contributed by atoms with Gasteiger partial charge in [-0.15, -0.1) is 0 Å². The quantitative estimate of drug-likeness (QED) is 0.202. The molecule has 0 saturated carbocycles. The fourth-order valence-electron chi connectivity index (χ4n) is 6.53. The van der Waals surface area contributed by atoms with Crippen LogP contribution in [-0.4, -0.2) is 19.1 Å². The molecule has 0 saturated heterocycles. The van der Waals surface area contributed by atoms with E-state index in [9.17, 15) is 0 Å². The molecule has 0 aliphatic rings. The third-order valence-electron chi connectivity index (χ3n) is 8.86. The van der Waals surface area contributed by atoms with Gasteiger partial charge in [-0.2, -0.15) is 0 Å². The van der Waals surface area contributed by atoms with Crippen molar-refractivity contribution in [2.45, 2.75) is 26.2 Å². The van der Waals surface area contributed by atoms with Gasteiger partial charge in [-0.3, -0.25) is 9.13 Å². The maximum atomic E-state index is 6.53. The molecule has 0 aliphatic carbocycles. The van der Waals surface area contributed by atoms with Crippen molar-refractivity contribution in [1.82, 2.24) is 19.1 Å². The molecule has 0 unspecified atom stereocenters. The van der Waals surface area contributed by atoms with Crippen molar-refractivity contribution in [1.29, 1.82) is 0 Å². The van der Waals surface area contributed by atoms with Crippen LogP contribution in [0.4, 0.5) is 0 Å². The number of furan rings is 1. The molecule has 222 valence electrons. The SMILES string of the molecule is CC(C)(C)c1ccnc(-n2c3ccccc3c3ccc(Oc4cccc(-n5cnc6cc7c(cc65)oc5ccccc57)c4)cc32)c1. The van der Waals surface area contributed by atoms with Crippen LogP contribution >= 0.6 is 0 Å². The zero-order valence-corrected chi connectivity index (χ0v) is 25.7. The maximum absolute atomic E-state index is 6.53. The van der Waals surface area contributed by atoms with E-state index >= 15 is 0 Å². The van der Waals surface area contributed by atoms with Crippen LogP contribution in [-0.2, 0) is 5.41 Å². The summed E-state index contributed by atoms with van der Waals surface area (Å²) in [6, 6.07) is 39.4. The maximum Gasteiger partial charge on any atom is 0.137 e. The first-order valence-corrected chi connectivity index (χ1v) is 15.5. The Hall–Kier alpha value is -5.88. The average molecular weight is 599 g/mol. The lowest BCUT2D eigenvalue weighted by atomic mass is 9.88. The van der Waals surface area contributed by atoms with Crippen LogP contribution in [0, 0.1) is 0 Å². The molecule has 0 bridgehead atoms. The molecular formula is C40H30N4O2. The Bertz CT molecular complexity index is 2620. The third-order valence-corrected chi connectivity index (χ3v) is 8.86. The van der Waals surface area contributed by atoms with Crippen LogP contribution < -0.4 is 4.74 Å². The standard InChI is InChI=1S/C40H30N4O2/c1-40(2,3)25-17-18-41-39(19-25)44-34-13-6-4-11-29(34)30-16-15-28(21-35(30)44)45-27-10-8-9-26(20-27)43-24-42-33-22-32-31-12-5-7-14-37(31)46-38(32)23-36(33)43/h4-24H,1-3H3. The Labute approximate surface area is 265 Å². The highest BCUT2D eigenvalue weighted by Crippen LogP contribution is 2.37. The Kier molecular flexibility index (Phi) is 5.66. The van der Waals surface area contributed by atoms with E-state index in [-0.39, 0.29) is 5.41 Å². The molecule has 0 N–H and O–H groups in total. The van der Waals surface area contributed by atoms with Gasteiger partial charge >= 0.3 is 0 Å². The molecule has 9 aromatic rings. The van der Waals surface area contributed by atoms with E-state index in [1.54, 1.807) is 0 Å². The first-order chi connectivity index (χ1) is 22.4. The predicted octanol–water partition coefficient (Wildman–Crippen LogP) is 10.5. The van der Waals surface area contributed by atoms with Gasteiger partial charge in [0, 0.05) is 45.9 Å². The summed E-state index contributed by atoms with van der Waals surface area (Å²) < 4.78 is 17.0. The minimum atomic E-state index is 0.00830. The van der Waals surface area contributed by atoms with Crippen LogP contribution in [0.25, 0.3) is 66.3 Å². The lowest BCUT2D eigenvalue weighted by Crippen LogP contribution is -2.12. The lowest BCUT2D eigenvalue weighted by molar-refractivity contribution is 0.483. The number of para-hydroxylation sites is 2. The first-order valence-electron chi connectivity index (χ1n) is 15.5. The van der Waals surface area contributed by atoms with Crippen molar-refractivity contribution in [2.24, 2.45) is 0 Å². The molecule has 9 rings (SSSR count). The summed E-state index contributed by atoms with van der Waals surface area (Å²) >= 11 is 0. The molecule has 0 radical (unpaired) electrons. The number of hydrogen-bond acceptors (Lipinski definition) is 4. The average Bonchev–Trinajstić information content (AvgIpc) is 3.74. The number of nitrogens with zero attached hydrogens (tertiary/aromatic N) is 4. The number of hydrogen-bond donors (Lipinski definition) is 0. The Morgan fingerprint density at radius 2 is 1.41 bits per heavy atom. The molecule has 0 spiro atoms. The molecule has 4 aromatic heterocycles. The predicted molar refractivity (Wildman–Crippen MR) is 186 cm³/mol. The molecule has 6 heteroatoms. The van der Waals surface area contributed by atoms with Gasteiger partial charge in [0.25, 0.3) is 0 Å². The van der Waals surface area contributed by atoms with E-state index in [4.69, 9.17) is 19.1 Å². The van der Waals surface area contributed by atoms with Gasteiger partial charge in [-0.25, -0.2) is 9.97 Å². The van der Waals surface area contributed by atoms with E-state index in [0.29, 0.717) is 0 Å². The first kappa shape index (κ1) is 26.5. The molecule has 0 amide bonds. The molecule has 0 fully saturated rings. The van der Waals surface area contributed by atoms with Crippen LogP contribution in [0.3, 0.4) is 0 Å². The van der Waals surface area contributed by atoms with Gasteiger partial charge in [-0.1, -0.05) is 63.2 Å². The number of imidazole rings is 1. The minimum Gasteiger partial charge on any atom is -0.457 e. The Morgan fingerprint density at radius 3 is 2.30 bits per heavy atom. The lowest BCUT2D eigenvalue weighted by Gasteiger charge is -2.20. The highest BCUT2D eigenvalue weighted by atomic mass is 16.5. The fraction of sp³-hybridized carbons (Fsp3) is 0.100. The minimum absolute atomic E-state index is 0.00830. The smallest absolute Gasteiger partial charge is 0.137 e. The second-order valence-corrected chi connectivity index (χ2v) is 12.8. The monoisotopic (exact) mass is 598 g/mol. The molecule has 0 aliphatic heterocycles. The highest BCUT2D eigenvalue weighted by molar-refractivity contribution is 6.10. The molecular weight excluding hydrogens is 568 g/mol. The Balaban J connectivity index is 1.12. The van der Waals surface area contributed by atoms with Crippen LogP contribution in [0.5, 0.6) is 11.5 Å². The number of aromatic nitrogens is 4. The van der Waals surface area contributed by atoms with E-state index in [1.807, 2.05) is 55.0 Å². The summed E-state index contributed by atoms with van der Waals surface area (Å²) in [7, 11) is 0.